The van der Waals surface area contributed by atoms with Gasteiger partial charge in [0.1, 0.15) is 0 Å². The lowest BCUT2D eigenvalue weighted by Gasteiger charge is -2.05. The van der Waals surface area contributed by atoms with E-state index in [-0.39, 0.29) is 5.75 Å². The minimum Gasteiger partial charge on any atom is -0.270 e. The van der Waals surface area contributed by atoms with Crippen LogP contribution in [0.5, 0.6) is 0 Å². The van der Waals surface area contributed by atoms with E-state index in [4.69, 9.17) is 4.18 Å². The van der Waals surface area contributed by atoms with Crippen LogP contribution in [-0.2, 0) is 14.3 Å². The van der Waals surface area contributed by atoms with Gasteiger partial charge in [-0.2, -0.15) is 8.42 Å². The van der Waals surface area contributed by atoms with E-state index in [0.717, 1.165) is 38.5 Å². The second-order valence-corrected chi connectivity index (χ2v) is 7.03. The Kier molecular flexibility index (Phi) is 12.9. The van der Waals surface area contributed by atoms with Crippen molar-refractivity contribution in [1.29, 1.82) is 0 Å². The summed E-state index contributed by atoms with van der Waals surface area (Å²) in [6.07, 6.45) is 12.3. The van der Waals surface area contributed by atoms with Crippen molar-refractivity contribution >= 4 is 10.1 Å². The van der Waals surface area contributed by atoms with Gasteiger partial charge >= 0.3 is 0 Å². The molecule has 116 valence electrons. The van der Waals surface area contributed by atoms with E-state index in [1.807, 2.05) is 0 Å². The molecule has 0 unspecified atom stereocenters. The fourth-order valence-electron chi connectivity index (χ4n) is 2.01. The van der Waals surface area contributed by atoms with Gasteiger partial charge in [0.25, 0.3) is 10.1 Å². The lowest BCUT2D eigenvalue weighted by molar-refractivity contribution is 0.307. The van der Waals surface area contributed by atoms with Crippen LogP contribution in [0.3, 0.4) is 0 Å². The monoisotopic (exact) mass is 292 g/mol. The molecule has 0 aliphatic heterocycles. The zero-order valence-corrected chi connectivity index (χ0v) is 13.6. The zero-order chi connectivity index (χ0) is 14.4. The molecule has 0 aromatic rings. The normalized spacial score (nSPS) is 11.9. The summed E-state index contributed by atoms with van der Waals surface area (Å²) in [5, 5.41) is 0. The van der Waals surface area contributed by atoms with Crippen molar-refractivity contribution in [2.45, 2.75) is 84.5 Å². The third-order valence-corrected chi connectivity index (χ3v) is 4.57. The Hall–Kier alpha value is -0.0900. The Bertz CT molecular complexity index is 273. The Morgan fingerprint density at radius 3 is 1.74 bits per heavy atom. The Labute approximate surface area is 120 Å². The molecule has 3 nitrogen and oxygen atoms in total. The maximum Gasteiger partial charge on any atom is 0.267 e. The van der Waals surface area contributed by atoms with E-state index in [1.54, 1.807) is 0 Å². The van der Waals surface area contributed by atoms with Crippen LogP contribution >= 0.6 is 0 Å². The average molecular weight is 292 g/mol. The average Bonchev–Trinajstić information content (AvgIpc) is 2.38. The Balaban J connectivity index is 3.38. The number of hydrogen-bond donors (Lipinski definition) is 0. The molecule has 0 rings (SSSR count). The third-order valence-electron chi connectivity index (χ3n) is 3.26. The highest BCUT2D eigenvalue weighted by molar-refractivity contribution is 7.86. The summed E-state index contributed by atoms with van der Waals surface area (Å²) < 4.78 is 28.1. The molecule has 19 heavy (non-hydrogen) atoms. The predicted molar refractivity (Wildman–Crippen MR) is 81.9 cm³/mol. The Morgan fingerprint density at radius 1 is 0.684 bits per heavy atom. The fourth-order valence-corrected chi connectivity index (χ4v) is 3.06. The SMILES string of the molecule is CCCCCCCCCCS(=O)(=O)OCCCCC. The van der Waals surface area contributed by atoms with Crippen molar-refractivity contribution in [2.24, 2.45) is 0 Å². The van der Waals surface area contributed by atoms with Gasteiger partial charge in [-0.25, -0.2) is 0 Å². The molecule has 0 aliphatic rings. The molecule has 0 saturated carbocycles. The molecule has 0 spiro atoms. The van der Waals surface area contributed by atoms with Crippen LogP contribution in [0.15, 0.2) is 0 Å². The van der Waals surface area contributed by atoms with E-state index < -0.39 is 10.1 Å². The van der Waals surface area contributed by atoms with Gasteiger partial charge in [0.05, 0.1) is 12.4 Å². The van der Waals surface area contributed by atoms with Crippen molar-refractivity contribution < 1.29 is 12.6 Å². The van der Waals surface area contributed by atoms with E-state index in [9.17, 15) is 8.42 Å². The summed E-state index contributed by atoms with van der Waals surface area (Å²) in [4.78, 5) is 0. The van der Waals surface area contributed by atoms with Crippen molar-refractivity contribution in [3.05, 3.63) is 0 Å². The summed E-state index contributed by atoms with van der Waals surface area (Å²) in [7, 11) is -3.26. The second kappa shape index (κ2) is 12.9. The van der Waals surface area contributed by atoms with Gasteiger partial charge in [-0.15, -0.1) is 0 Å². The molecule has 0 aliphatic carbocycles. The van der Waals surface area contributed by atoms with Gasteiger partial charge in [-0.05, 0) is 12.8 Å². The molecule has 0 heterocycles. The lowest BCUT2D eigenvalue weighted by Crippen LogP contribution is -2.11. The van der Waals surface area contributed by atoms with Crippen LogP contribution in [0.2, 0.25) is 0 Å². The zero-order valence-electron chi connectivity index (χ0n) is 12.8. The molecule has 4 heteroatoms. The van der Waals surface area contributed by atoms with Gasteiger partial charge in [0.2, 0.25) is 0 Å². The first-order valence-electron chi connectivity index (χ1n) is 7.99. The summed E-state index contributed by atoms with van der Waals surface area (Å²) in [5.74, 6) is 0.189. The summed E-state index contributed by atoms with van der Waals surface area (Å²) >= 11 is 0. The smallest absolute Gasteiger partial charge is 0.267 e. The highest BCUT2D eigenvalue weighted by Gasteiger charge is 2.09. The molecule has 0 saturated heterocycles. The number of unbranched alkanes of at least 4 members (excludes halogenated alkanes) is 9. The topological polar surface area (TPSA) is 43.4 Å². The molecular weight excluding hydrogens is 260 g/mol. The van der Waals surface area contributed by atoms with Crippen LogP contribution in [0.4, 0.5) is 0 Å². The maximum atomic E-state index is 11.5. The molecule has 0 aromatic carbocycles. The number of rotatable bonds is 14. The largest absolute Gasteiger partial charge is 0.270 e. The first-order chi connectivity index (χ1) is 9.12. The van der Waals surface area contributed by atoms with E-state index >= 15 is 0 Å². The van der Waals surface area contributed by atoms with Crippen molar-refractivity contribution in [3.8, 4) is 0 Å². The molecule has 0 atom stereocenters. The lowest BCUT2D eigenvalue weighted by atomic mass is 10.1. The van der Waals surface area contributed by atoms with E-state index in [2.05, 4.69) is 13.8 Å². The van der Waals surface area contributed by atoms with Gasteiger partial charge in [-0.3, -0.25) is 4.18 Å². The van der Waals surface area contributed by atoms with Crippen molar-refractivity contribution in [2.75, 3.05) is 12.4 Å². The van der Waals surface area contributed by atoms with Gasteiger partial charge in [-0.1, -0.05) is 71.6 Å². The van der Waals surface area contributed by atoms with Crippen LogP contribution in [0, 0.1) is 0 Å². The fraction of sp³-hybridized carbons (Fsp3) is 1.00. The van der Waals surface area contributed by atoms with Crippen molar-refractivity contribution in [1.82, 2.24) is 0 Å². The summed E-state index contributed by atoms with van der Waals surface area (Å²) in [6, 6.07) is 0. The van der Waals surface area contributed by atoms with Gasteiger partial charge in [0.15, 0.2) is 0 Å². The Morgan fingerprint density at radius 2 is 1.16 bits per heavy atom. The number of hydrogen-bond acceptors (Lipinski definition) is 3. The van der Waals surface area contributed by atoms with Crippen LogP contribution in [0.25, 0.3) is 0 Å². The molecule has 0 aromatic heterocycles. The minimum atomic E-state index is -3.26. The molecule has 0 fully saturated rings. The highest BCUT2D eigenvalue weighted by Crippen LogP contribution is 2.10. The van der Waals surface area contributed by atoms with Crippen LogP contribution in [-0.4, -0.2) is 20.8 Å². The predicted octanol–water partition coefficient (Wildman–Crippen LogP) is 4.66. The molecule has 0 N–H and O–H groups in total. The summed E-state index contributed by atoms with van der Waals surface area (Å²) in [6.45, 7) is 4.66. The van der Waals surface area contributed by atoms with Gasteiger partial charge in [0, 0.05) is 0 Å². The van der Waals surface area contributed by atoms with Crippen LogP contribution in [0.1, 0.15) is 84.5 Å². The molecule has 0 radical (unpaired) electrons. The van der Waals surface area contributed by atoms with Crippen molar-refractivity contribution in [3.63, 3.8) is 0 Å². The third kappa shape index (κ3) is 14.1. The van der Waals surface area contributed by atoms with Gasteiger partial charge < -0.3 is 0 Å². The van der Waals surface area contributed by atoms with Crippen LogP contribution < -0.4 is 0 Å². The standard InChI is InChI=1S/C15H32O3S/c1-3-5-7-8-9-10-11-13-15-19(16,17)18-14-12-6-4-2/h3-15H2,1-2H3. The molecule has 0 bridgehead atoms. The first-order valence-corrected chi connectivity index (χ1v) is 9.57. The molecular formula is C15H32O3S. The van der Waals surface area contributed by atoms with E-state index in [1.165, 1.54) is 32.1 Å². The minimum absolute atomic E-state index is 0.189. The quantitative estimate of drug-likeness (QED) is 0.345. The van der Waals surface area contributed by atoms with E-state index in [0.29, 0.717) is 6.61 Å². The molecule has 0 amide bonds. The summed E-state index contributed by atoms with van der Waals surface area (Å²) in [5.41, 5.74) is 0. The first kappa shape index (κ1) is 18.9. The second-order valence-electron chi connectivity index (χ2n) is 5.27. The maximum absolute atomic E-state index is 11.5. The highest BCUT2D eigenvalue weighted by atomic mass is 32.2.